The van der Waals surface area contributed by atoms with Crippen molar-refractivity contribution in [3.63, 3.8) is 0 Å². The summed E-state index contributed by atoms with van der Waals surface area (Å²) < 4.78 is 7.28. The average molecular weight is 524 g/mol. The normalized spacial score (nSPS) is 16.3. The van der Waals surface area contributed by atoms with E-state index >= 15 is 0 Å². The zero-order valence-electron chi connectivity index (χ0n) is 20.4. The molecule has 5 rings (SSSR count). The van der Waals surface area contributed by atoms with Crippen molar-refractivity contribution in [1.29, 1.82) is 0 Å². The van der Waals surface area contributed by atoms with Crippen molar-refractivity contribution in [3.8, 4) is 0 Å². The van der Waals surface area contributed by atoms with Crippen LogP contribution in [0.3, 0.4) is 0 Å². The zero-order chi connectivity index (χ0) is 26.1. The van der Waals surface area contributed by atoms with Crippen molar-refractivity contribution < 1.29 is 14.0 Å². The number of hydrogen-bond donors (Lipinski definition) is 2. The van der Waals surface area contributed by atoms with Gasteiger partial charge in [0.05, 0.1) is 11.4 Å². The second-order valence-electron chi connectivity index (χ2n) is 9.08. The number of rotatable bonds is 6. The summed E-state index contributed by atoms with van der Waals surface area (Å²) in [6.07, 6.45) is 6.31. The van der Waals surface area contributed by atoms with Crippen LogP contribution in [-0.4, -0.2) is 80.1 Å². The molecule has 37 heavy (non-hydrogen) atoms. The fourth-order valence-corrected chi connectivity index (χ4v) is 4.51. The molecule has 3 N–H and O–H groups in total. The van der Waals surface area contributed by atoms with Gasteiger partial charge >= 0.3 is 6.01 Å². The number of fused-ring (bicyclic) bond motifs is 2. The maximum Gasteiger partial charge on any atom is 0.302 e. The number of anilines is 2. The molecule has 1 aliphatic rings. The number of carbonyl (C=O) groups excluding carboxylic acids is 2. The van der Waals surface area contributed by atoms with Crippen molar-refractivity contribution in [2.75, 3.05) is 44.8 Å². The van der Waals surface area contributed by atoms with Gasteiger partial charge < -0.3 is 20.0 Å². The zero-order valence-corrected chi connectivity index (χ0v) is 21.1. The van der Waals surface area contributed by atoms with Gasteiger partial charge in [-0.3, -0.25) is 14.9 Å². The number of nitrogens with zero attached hydrogens (tertiary/aromatic N) is 7. The summed E-state index contributed by atoms with van der Waals surface area (Å²) in [6.45, 7) is 1.75. The van der Waals surface area contributed by atoms with Crippen molar-refractivity contribution in [2.45, 2.75) is 18.9 Å². The second kappa shape index (κ2) is 10.1. The molecule has 3 aromatic heterocycles. The third kappa shape index (κ3) is 5.11. The highest BCUT2D eigenvalue weighted by molar-refractivity contribution is 6.31. The topological polar surface area (TPSA) is 148 Å². The van der Waals surface area contributed by atoms with Gasteiger partial charge in [-0.15, -0.1) is 0 Å². The third-order valence-corrected chi connectivity index (χ3v) is 6.32. The first-order valence-corrected chi connectivity index (χ1v) is 12.1. The molecule has 12 nitrogen and oxygen atoms in total. The molecule has 0 radical (unpaired) electrons. The summed E-state index contributed by atoms with van der Waals surface area (Å²) in [5.74, 6) is -0.509. The molecule has 1 aromatic carbocycles. The van der Waals surface area contributed by atoms with E-state index in [4.69, 9.17) is 21.8 Å². The van der Waals surface area contributed by atoms with E-state index in [1.165, 1.54) is 6.33 Å². The lowest BCUT2D eigenvalue weighted by Crippen LogP contribution is -2.40. The predicted octanol–water partition coefficient (Wildman–Crippen LogP) is 2.74. The van der Waals surface area contributed by atoms with Crippen molar-refractivity contribution in [3.05, 3.63) is 47.4 Å². The van der Waals surface area contributed by atoms with Gasteiger partial charge in [0.1, 0.15) is 17.7 Å². The minimum atomic E-state index is -0.571. The predicted molar refractivity (Wildman–Crippen MR) is 139 cm³/mol. The number of nitrogens with one attached hydrogen (secondary N) is 1. The largest absolute Gasteiger partial charge is 0.423 e. The van der Waals surface area contributed by atoms with Gasteiger partial charge in [0, 0.05) is 30.7 Å². The van der Waals surface area contributed by atoms with Crippen molar-refractivity contribution >= 4 is 57.4 Å². The van der Waals surface area contributed by atoms with E-state index in [1.54, 1.807) is 33.9 Å². The SMILES string of the molecule is CN(C)CC=CC(=O)N1CCCC(n2nc(C(=O)Nc3nc4cc(Cl)ccc4o3)c3c(N)ncnc32)C1. The molecule has 1 aliphatic heterocycles. The number of carbonyl (C=O) groups is 2. The Kier molecular flexibility index (Phi) is 6.76. The molecular weight excluding hydrogens is 498 g/mol. The number of benzene rings is 1. The van der Waals surface area contributed by atoms with E-state index in [9.17, 15) is 9.59 Å². The molecule has 0 saturated carbocycles. The van der Waals surface area contributed by atoms with Crippen LogP contribution in [0.2, 0.25) is 5.02 Å². The molecule has 1 unspecified atom stereocenters. The molecule has 13 heteroatoms. The molecule has 1 saturated heterocycles. The van der Waals surface area contributed by atoms with Crippen LogP contribution in [0.5, 0.6) is 0 Å². The van der Waals surface area contributed by atoms with Crippen LogP contribution in [0.1, 0.15) is 29.4 Å². The molecule has 0 bridgehead atoms. The fourth-order valence-electron chi connectivity index (χ4n) is 4.34. The molecule has 0 spiro atoms. The van der Waals surface area contributed by atoms with Crippen LogP contribution >= 0.6 is 11.6 Å². The standard InChI is InChI=1S/C24H26ClN9O3/c1-32(2)9-4-6-18(35)33-10-3-5-15(12-33)34-22-19(21(26)27-13-28-22)20(31-34)23(36)30-24-29-16-11-14(25)7-8-17(16)37-24/h4,6-8,11,13,15H,3,5,9-10,12H2,1-2H3,(H2,26,27,28)(H,29,30,36). The summed E-state index contributed by atoms with van der Waals surface area (Å²) in [6, 6.07) is 4.79. The number of nitrogen functional groups attached to an aromatic ring is 1. The Hall–Kier alpha value is -4.03. The summed E-state index contributed by atoms with van der Waals surface area (Å²) >= 11 is 6.02. The highest BCUT2D eigenvalue weighted by Gasteiger charge is 2.29. The first-order valence-electron chi connectivity index (χ1n) is 11.8. The fraction of sp³-hybridized carbons (Fsp3) is 0.333. The highest BCUT2D eigenvalue weighted by atomic mass is 35.5. The van der Waals surface area contributed by atoms with Gasteiger partial charge in [-0.1, -0.05) is 17.7 Å². The number of likely N-dealkylation sites (tertiary alicyclic amines) is 1. The van der Waals surface area contributed by atoms with Gasteiger partial charge in [0.25, 0.3) is 5.91 Å². The summed E-state index contributed by atoms with van der Waals surface area (Å²) in [4.78, 5) is 42.4. The van der Waals surface area contributed by atoms with E-state index < -0.39 is 5.91 Å². The van der Waals surface area contributed by atoms with E-state index in [2.05, 4.69) is 25.4 Å². The van der Waals surface area contributed by atoms with Gasteiger partial charge in [-0.25, -0.2) is 14.6 Å². The number of nitrogens with two attached hydrogens (primary N) is 1. The molecule has 1 fully saturated rings. The Balaban J connectivity index is 1.42. The van der Waals surface area contributed by atoms with E-state index in [1.807, 2.05) is 25.1 Å². The van der Waals surface area contributed by atoms with E-state index in [0.29, 0.717) is 46.8 Å². The number of piperidine rings is 1. The second-order valence-corrected chi connectivity index (χ2v) is 9.52. The lowest BCUT2D eigenvalue weighted by molar-refractivity contribution is -0.127. The molecule has 2 amide bonds. The molecule has 4 aromatic rings. The number of likely N-dealkylation sites (N-methyl/N-ethyl adjacent to an activating group) is 1. The Morgan fingerprint density at radius 2 is 2.16 bits per heavy atom. The maximum absolute atomic E-state index is 13.3. The quantitative estimate of drug-likeness (QED) is 0.364. The molecule has 192 valence electrons. The highest BCUT2D eigenvalue weighted by Crippen LogP contribution is 2.29. The molecule has 1 atom stereocenters. The average Bonchev–Trinajstić information content (AvgIpc) is 3.45. The van der Waals surface area contributed by atoms with Gasteiger partial charge in [-0.2, -0.15) is 10.1 Å². The summed E-state index contributed by atoms with van der Waals surface area (Å²) in [5, 5.41) is 8.05. The number of aromatic nitrogens is 5. The minimum Gasteiger partial charge on any atom is -0.423 e. The molecular formula is C24H26ClN9O3. The van der Waals surface area contributed by atoms with Crippen LogP contribution in [0, 0.1) is 0 Å². The first kappa shape index (κ1) is 24.7. The Morgan fingerprint density at radius 3 is 2.97 bits per heavy atom. The first-order chi connectivity index (χ1) is 17.8. The van der Waals surface area contributed by atoms with Crippen LogP contribution in [0.4, 0.5) is 11.8 Å². The Morgan fingerprint density at radius 1 is 1.32 bits per heavy atom. The van der Waals surface area contributed by atoms with Crippen LogP contribution < -0.4 is 11.1 Å². The van der Waals surface area contributed by atoms with E-state index in [-0.39, 0.29) is 29.5 Å². The lowest BCUT2D eigenvalue weighted by atomic mass is 10.1. The van der Waals surface area contributed by atoms with Gasteiger partial charge in [-0.05, 0) is 45.1 Å². The van der Waals surface area contributed by atoms with Crippen LogP contribution in [0.15, 0.2) is 41.1 Å². The third-order valence-electron chi connectivity index (χ3n) is 6.09. The number of halogens is 1. The monoisotopic (exact) mass is 523 g/mol. The Bertz CT molecular complexity index is 1510. The molecule has 4 heterocycles. The van der Waals surface area contributed by atoms with Crippen LogP contribution in [0.25, 0.3) is 22.1 Å². The van der Waals surface area contributed by atoms with Gasteiger partial charge in [0.2, 0.25) is 5.91 Å². The van der Waals surface area contributed by atoms with E-state index in [0.717, 1.165) is 12.8 Å². The lowest BCUT2D eigenvalue weighted by Gasteiger charge is -2.32. The summed E-state index contributed by atoms with van der Waals surface area (Å²) in [7, 11) is 3.88. The maximum atomic E-state index is 13.3. The summed E-state index contributed by atoms with van der Waals surface area (Å²) in [5.41, 5.74) is 7.60. The van der Waals surface area contributed by atoms with Crippen molar-refractivity contribution in [1.82, 2.24) is 34.5 Å². The Labute approximate surface area is 217 Å². The van der Waals surface area contributed by atoms with Crippen LogP contribution in [-0.2, 0) is 4.79 Å². The van der Waals surface area contributed by atoms with Crippen molar-refractivity contribution in [2.24, 2.45) is 0 Å². The number of hydrogen-bond acceptors (Lipinski definition) is 9. The number of amides is 2. The van der Waals surface area contributed by atoms with Gasteiger partial charge in [0.15, 0.2) is 16.9 Å². The minimum absolute atomic E-state index is 0.000614. The number of oxazole rings is 1. The smallest absolute Gasteiger partial charge is 0.302 e. The molecule has 0 aliphatic carbocycles.